The minimum absolute atomic E-state index is 0.0937. The first-order valence-corrected chi connectivity index (χ1v) is 6.13. The van der Waals surface area contributed by atoms with Crippen LogP contribution >= 0.6 is 0 Å². The summed E-state index contributed by atoms with van der Waals surface area (Å²) in [4.78, 5) is 12.8. The van der Waals surface area contributed by atoms with E-state index in [1.807, 2.05) is 0 Å². The molecular weight excluding hydrogens is 190 g/mol. The molecule has 15 heavy (non-hydrogen) atoms. The first kappa shape index (κ1) is 10.9. The fraction of sp³-hybridized carbons (Fsp3) is 0.917. The third-order valence-electron chi connectivity index (χ3n) is 4.06. The highest BCUT2D eigenvalue weighted by Gasteiger charge is 2.48. The van der Waals surface area contributed by atoms with Crippen LogP contribution < -0.4 is 4.90 Å². The maximum atomic E-state index is 11.2. The van der Waals surface area contributed by atoms with E-state index in [4.69, 9.17) is 4.74 Å². The summed E-state index contributed by atoms with van der Waals surface area (Å²) in [5, 5.41) is 0. The number of piperidine rings is 1. The van der Waals surface area contributed by atoms with Crippen molar-refractivity contribution in [3.8, 4) is 0 Å². The summed E-state index contributed by atoms with van der Waals surface area (Å²) in [5.74, 6) is 0.505. The predicted octanol–water partition coefficient (Wildman–Crippen LogP) is 0.397. The molecule has 3 nitrogen and oxygen atoms in total. The Morgan fingerprint density at radius 2 is 2.20 bits per heavy atom. The molecule has 1 saturated carbocycles. The summed E-state index contributed by atoms with van der Waals surface area (Å²) in [6, 6.07) is 0. The summed E-state index contributed by atoms with van der Waals surface area (Å²) in [6.45, 7) is 3.86. The van der Waals surface area contributed by atoms with Crippen molar-refractivity contribution in [3.05, 3.63) is 0 Å². The van der Waals surface area contributed by atoms with Crippen LogP contribution in [0.4, 0.5) is 0 Å². The molecule has 1 heterocycles. The number of fused-ring (bicyclic) bond motifs is 1. The van der Waals surface area contributed by atoms with Gasteiger partial charge in [0.2, 0.25) is 0 Å². The Labute approximate surface area is 91.8 Å². The van der Waals surface area contributed by atoms with Gasteiger partial charge in [0.05, 0.1) is 20.1 Å². The third kappa shape index (κ3) is 2.17. The molecule has 1 unspecified atom stereocenters. The number of hydrogen-bond donors (Lipinski definition) is 1. The van der Waals surface area contributed by atoms with Crippen molar-refractivity contribution >= 4 is 5.97 Å². The highest BCUT2D eigenvalue weighted by atomic mass is 16.6. The zero-order valence-corrected chi connectivity index (χ0v) is 9.84. The van der Waals surface area contributed by atoms with Gasteiger partial charge in [-0.05, 0) is 19.3 Å². The standard InChI is InChI=1S/C12H21NO2/c1-10(14)15-12-6-4-3-5-11(12)9-13(2)8-7-12/h11H,3-9H2,1-2H3/p+1/t11-,12+/m0/s1. The summed E-state index contributed by atoms with van der Waals surface area (Å²) < 4.78 is 5.68. The zero-order valence-electron chi connectivity index (χ0n) is 9.84. The molecular formula is C12H22NO2+. The Hall–Kier alpha value is -0.570. The monoisotopic (exact) mass is 212 g/mol. The molecule has 0 amide bonds. The van der Waals surface area contributed by atoms with Crippen LogP contribution in [0.2, 0.25) is 0 Å². The fourth-order valence-corrected chi connectivity index (χ4v) is 3.32. The highest BCUT2D eigenvalue weighted by molar-refractivity contribution is 5.66. The first-order valence-electron chi connectivity index (χ1n) is 6.13. The number of carbonyl (C=O) groups excluding carboxylic acids is 1. The van der Waals surface area contributed by atoms with Crippen molar-refractivity contribution in [2.45, 2.75) is 44.6 Å². The quantitative estimate of drug-likeness (QED) is 0.638. The van der Waals surface area contributed by atoms with Crippen LogP contribution in [0.15, 0.2) is 0 Å². The predicted molar refractivity (Wildman–Crippen MR) is 57.7 cm³/mol. The van der Waals surface area contributed by atoms with Crippen LogP contribution in [-0.2, 0) is 9.53 Å². The number of quaternary nitrogens is 1. The molecule has 3 atom stereocenters. The second-order valence-electron chi connectivity index (χ2n) is 5.26. The molecule has 1 aliphatic heterocycles. The lowest BCUT2D eigenvalue weighted by Crippen LogP contribution is -3.12. The van der Waals surface area contributed by atoms with E-state index >= 15 is 0 Å². The van der Waals surface area contributed by atoms with Gasteiger partial charge in [0.25, 0.3) is 0 Å². The summed E-state index contributed by atoms with van der Waals surface area (Å²) in [6.07, 6.45) is 5.92. The molecule has 0 aromatic heterocycles. The van der Waals surface area contributed by atoms with E-state index in [2.05, 4.69) is 7.05 Å². The van der Waals surface area contributed by atoms with Crippen molar-refractivity contribution in [2.75, 3.05) is 20.1 Å². The van der Waals surface area contributed by atoms with Gasteiger partial charge in [-0.3, -0.25) is 4.79 Å². The molecule has 2 rings (SSSR count). The van der Waals surface area contributed by atoms with E-state index < -0.39 is 0 Å². The average Bonchev–Trinajstić information content (AvgIpc) is 2.17. The van der Waals surface area contributed by atoms with Crippen molar-refractivity contribution < 1.29 is 14.4 Å². The van der Waals surface area contributed by atoms with E-state index in [1.165, 1.54) is 25.8 Å². The number of rotatable bonds is 1. The molecule has 0 aromatic carbocycles. The minimum Gasteiger partial charge on any atom is -0.458 e. The topological polar surface area (TPSA) is 30.7 Å². The van der Waals surface area contributed by atoms with E-state index in [-0.39, 0.29) is 11.6 Å². The second-order valence-corrected chi connectivity index (χ2v) is 5.26. The van der Waals surface area contributed by atoms with Crippen LogP contribution in [0, 0.1) is 5.92 Å². The lowest BCUT2D eigenvalue weighted by Gasteiger charge is -2.46. The number of likely N-dealkylation sites (tertiary alicyclic amines) is 1. The first-order chi connectivity index (χ1) is 7.12. The molecule has 1 aliphatic carbocycles. The largest absolute Gasteiger partial charge is 0.458 e. The molecule has 0 spiro atoms. The molecule has 0 radical (unpaired) electrons. The van der Waals surface area contributed by atoms with Gasteiger partial charge in [0, 0.05) is 19.3 Å². The van der Waals surface area contributed by atoms with Crippen LogP contribution in [0.1, 0.15) is 39.0 Å². The Morgan fingerprint density at radius 1 is 1.40 bits per heavy atom. The average molecular weight is 212 g/mol. The van der Waals surface area contributed by atoms with Crippen molar-refractivity contribution in [1.82, 2.24) is 0 Å². The van der Waals surface area contributed by atoms with E-state index in [0.717, 1.165) is 19.4 Å². The van der Waals surface area contributed by atoms with Crippen molar-refractivity contribution in [1.29, 1.82) is 0 Å². The van der Waals surface area contributed by atoms with Crippen LogP contribution in [0.25, 0.3) is 0 Å². The Kier molecular flexibility index (Phi) is 3.01. The summed E-state index contributed by atoms with van der Waals surface area (Å²) >= 11 is 0. The molecule has 0 bridgehead atoms. The normalized spacial score (nSPS) is 40.7. The maximum Gasteiger partial charge on any atom is 0.303 e. The number of hydrogen-bond acceptors (Lipinski definition) is 2. The number of ether oxygens (including phenoxy) is 1. The van der Waals surface area contributed by atoms with Gasteiger partial charge in [-0.25, -0.2) is 0 Å². The van der Waals surface area contributed by atoms with Crippen LogP contribution in [0.3, 0.4) is 0 Å². The van der Waals surface area contributed by atoms with Gasteiger partial charge in [0.1, 0.15) is 5.60 Å². The Morgan fingerprint density at radius 3 is 2.93 bits per heavy atom. The summed E-state index contributed by atoms with van der Waals surface area (Å²) in [7, 11) is 2.24. The lowest BCUT2D eigenvalue weighted by atomic mass is 9.71. The lowest BCUT2D eigenvalue weighted by molar-refractivity contribution is -0.892. The van der Waals surface area contributed by atoms with E-state index in [9.17, 15) is 4.79 Å². The van der Waals surface area contributed by atoms with Crippen LogP contribution in [0.5, 0.6) is 0 Å². The van der Waals surface area contributed by atoms with Gasteiger partial charge in [-0.2, -0.15) is 0 Å². The highest BCUT2D eigenvalue weighted by Crippen LogP contribution is 2.39. The molecule has 2 aliphatic rings. The Bertz CT molecular complexity index is 254. The molecule has 86 valence electrons. The number of esters is 1. The number of nitrogens with one attached hydrogen (secondary N) is 1. The third-order valence-corrected chi connectivity index (χ3v) is 4.06. The smallest absolute Gasteiger partial charge is 0.303 e. The molecule has 1 saturated heterocycles. The molecule has 2 fully saturated rings. The van der Waals surface area contributed by atoms with Gasteiger partial charge in [-0.1, -0.05) is 6.42 Å². The van der Waals surface area contributed by atoms with E-state index in [0.29, 0.717) is 5.92 Å². The Balaban J connectivity index is 2.12. The minimum atomic E-state index is -0.0959. The fourth-order valence-electron chi connectivity index (χ4n) is 3.32. The van der Waals surface area contributed by atoms with Gasteiger partial charge >= 0.3 is 5.97 Å². The van der Waals surface area contributed by atoms with Crippen LogP contribution in [-0.4, -0.2) is 31.7 Å². The van der Waals surface area contributed by atoms with Crippen molar-refractivity contribution in [2.24, 2.45) is 5.92 Å². The number of carbonyl (C=O) groups is 1. The van der Waals surface area contributed by atoms with Crippen molar-refractivity contribution in [3.63, 3.8) is 0 Å². The van der Waals surface area contributed by atoms with Gasteiger partial charge in [-0.15, -0.1) is 0 Å². The molecule has 1 N–H and O–H groups in total. The SMILES string of the molecule is CC(=O)O[C@@]12CCCC[C@H]1C[NH+](C)CC2. The maximum absolute atomic E-state index is 11.2. The zero-order chi connectivity index (χ0) is 10.9. The van der Waals surface area contributed by atoms with E-state index in [1.54, 1.807) is 11.8 Å². The molecule has 0 aromatic rings. The summed E-state index contributed by atoms with van der Waals surface area (Å²) in [5.41, 5.74) is -0.0937. The second kappa shape index (κ2) is 4.12. The van der Waals surface area contributed by atoms with Gasteiger partial charge in [0.15, 0.2) is 0 Å². The van der Waals surface area contributed by atoms with Gasteiger partial charge < -0.3 is 9.64 Å². The molecule has 3 heteroatoms.